The second-order valence-corrected chi connectivity index (χ2v) is 8.07. The molecule has 0 saturated carbocycles. The minimum Gasteiger partial charge on any atom is -0.616 e. The van der Waals surface area contributed by atoms with Crippen molar-refractivity contribution in [2.75, 3.05) is 6.26 Å². The van der Waals surface area contributed by atoms with Crippen LogP contribution in [0.4, 0.5) is 4.39 Å². The van der Waals surface area contributed by atoms with E-state index in [0.29, 0.717) is 18.6 Å². The van der Waals surface area contributed by atoms with E-state index in [0.717, 1.165) is 27.6 Å². The number of nitrogens with one attached hydrogen (secondary N) is 1. The Bertz CT molecular complexity index is 964. The van der Waals surface area contributed by atoms with Crippen LogP contribution in [0.2, 0.25) is 5.02 Å². The van der Waals surface area contributed by atoms with Crippen LogP contribution in [0, 0.1) is 17.1 Å². The van der Waals surface area contributed by atoms with Gasteiger partial charge in [0.2, 0.25) is 0 Å². The normalized spacial score (nSPS) is 13.5. The fourth-order valence-corrected chi connectivity index (χ4v) is 4.10. The van der Waals surface area contributed by atoms with Gasteiger partial charge in [-0.3, -0.25) is 0 Å². The number of nitriles is 1. The van der Waals surface area contributed by atoms with Crippen LogP contribution in [0.3, 0.4) is 0 Å². The topological polar surface area (TPSA) is 62.6 Å². The van der Waals surface area contributed by atoms with E-state index in [4.69, 9.17) is 16.9 Å². The Morgan fingerprint density at radius 1 is 1.35 bits per heavy atom. The van der Waals surface area contributed by atoms with Gasteiger partial charge in [-0.15, -0.1) is 0 Å². The van der Waals surface area contributed by atoms with E-state index in [1.54, 1.807) is 18.4 Å². The van der Waals surface area contributed by atoms with Crippen LogP contribution >= 0.6 is 11.6 Å². The summed E-state index contributed by atoms with van der Waals surface area (Å²) in [5, 5.41) is 10.1. The molecule has 0 spiro atoms. The molecule has 2 unspecified atom stereocenters. The summed E-state index contributed by atoms with van der Waals surface area (Å²) >= 11 is 4.87. The van der Waals surface area contributed by atoms with E-state index >= 15 is 0 Å². The smallest absolute Gasteiger partial charge is 0.142 e. The number of halogens is 2. The van der Waals surface area contributed by atoms with Gasteiger partial charge in [0, 0.05) is 29.5 Å². The summed E-state index contributed by atoms with van der Waals surface area (Å²) in [4.78, 5) is 3.28. The molecule has 3 rings (SSSR count). The quantitative estimate of drug-likeness (QED) is 0.584. The summed E-state index contributed by atoms with van der Waals surface area (Å²) in [6.07, 6.45) is 4.52. The summed E-state index contributed by atoms with van der Waals surface area (Å²) in [7, 11) is 0. The summed E-state index contributed by atoms with van der Waals surface area (Å²) < 4.78 is 25.6. The average Bonchev–Trinajstić information content (AvgIpc) is 3.03. The SMILES string of the molecule is C[S+]([O-])Cc1cccc2c(C(CCC#N)c3ccc(Cl)c(F)c3)c[nH]c12. The van der Waals surface area contributed by atoms with Crippen molar-refractivity contribution in [3.8, 4) is 6.07 Å². The number of nitrogens with zero attached hydrogens (tertiary/aromatic N) is 1. The number of fused-ring (bicyclic) bond motifs is 1. The van der Waals surface area contributed by atoms with Gasteiger partial charge in [-0.2, -0.15) is 5.26 Å². The third kappa shape index (κ3) is 3.88. The average molecular weight is 389 g/mol. The molecule has 1 N–H and O–H groups in total. The number of H-pyrrole nitrogens is 1. The third-order valence-electron chi connectivity index (χ3n) is 4.46. The molecule has 134 valence electrons. The fraction of sp³-hybridized carbons (Fsp3) is 0.250. The molecule has 26 heavy (non-hydrogen) atoms. The van der Waals surface area contributed by atoms with Crippen molar-refractivity contribution in [1.82, 2.24) is 4.98 Å². The van der Waals surface area contributed by atoms with E-state index in [1.807, 2.05) is 24.4 Å². The zero-order valence-electron chi connectivity index (χ0n) is 14.3. The summed E-state index contributed by atoms with van der Waals surface area (Å²) in [6.45, 7) is 0. The van der Waals surface area contributed by atoms with E-state index in [9.17, 15) is 8.94 Å². The standard InChI is InChI=1S/C20H18ClFN2OS/c1-26(25)12-14-4-2-5-16-17(11-24-20(14)16)15(6-3-9-23)13-7-8-18(21)19(22)10-13/h2,4-5,7-8,10-11,15,24H,3,6,12H2,1H3. The van der Waals surface area contributed by atoms with Gasteiger partial charge >= 0.3 is 0 Å². The van der Waals surface area contributed by atoms with Crippen molar-refractivity contribution < 1.29 is 8.94 Å². The number of aromatic amines is 1. The van der Waals surface area contributed by atoms with Crippen LogP contribution in [-0.4, -0.2) is 15.8 Å². The molecule has 0 aliphatic heterocycles. The van der Waals surface area contributed by atoms with Gasteiger partial charge in [0.1, 0.15) is 11.6 Å². The van der Waals surface area contributed by atoms with Gasteiger partial charge in [0.15, 0.2) is 0 Å². The molecule has 1 heterocycles. The zero-order valence-corrected chi connectivity index (χ0v) is 15.8. The highest BCUT2D eigenvalue weighted by Gasteiger charge is 2.20. The molecule has 3 aromatic rings. The Balaban J connectivity index is 2.09. The van der Waals surface area contributed by atoms with Crippen LogP contribution in [0.1, 0.15) is 35.4 Å². The lowest BCUT2D eigenvalue weighted by Crippen LogP contribution is -2.02. The minimum atomic E-state index is -0.948. The first-order chi connectivity index (χ1) is 12.5. The summed E-state index contributed by atoms with van der Waals surface area (Å²) in [5.41, 5.74) is 3.71. The Kier molecular flexibility index (Phi) is 5.87. The molecule has 0 radical (unpaired) electrons. The predicted molar refractivity (Wildman–Crippen MR) is 104 cm³/mol. The third-order valence-corrected chi connectivity index (χ3v) is 5.48. The lowest BCUT2D eigenvalue weighted by atomic mass is 9.87. The number of para-hydroxylation sites is 1. The Labute approximate surface area is 160 Å². The molecular weight excluding hydrogens is 371 g/mol. The lowest BCUT2D eigenvalue weighted by Gasteiger charge is -2.16. The molecule has 0 aliphatic rings. The number of hydrogen-bond donors (Lipinski definition) is 1. The van der Waals surface area contributed by atoms with Crippen molar-refractivity contribution >= 4 is 33.7 Å². The molecule has 1 aromatic heterocycles. The fourth-order valence-electron chi connectivity index (χ4n) is 3.31. The molecule has 2 atom stereocenters. The monoisotopic (exact) mass is 388 g/mol. The zero-order chi connectivity index (χ0) is 18.7. The number of hydrogen-bond acceptors (Lipinski definition) is 2. The number of benzene rings is 2. The highest BCUT2D eigenvalue weighted by Crippen LogP contribution is 2.36. The van der Waals surface area contributed by atoms with Crippen LogP contribution in [0.5, 0.6) is 0 Å². The van der Waals surface area contributed by atoms with E-state index < -0.39 is 17.0 Å². The maximum atomic E-state index is 14.0. The first-order valence-electron chi connectivity index (χ1n) is 8.22. The Hall–Kier alpha value is -2.00. The van der Waals surface area contributed by atoms with Crippen LogP contribution in [0.25, 0.3) is 10.9 Å². The predicted octanol–water partition coefficient (Wildman–Crippen LogP) is 5.27. The molecule has 6 heteroatoms. The van der Waals surface area contributed by atoms with Crippen LogP contribution in [0.15, 0.2) is 42.6 Å². The molecule has 0 aliphatic carbocycles. The Morgan fingerprint density at radius 2 is 2.15 bits per heavy atom. The first-order valence-corrected chi connectivity index (χ1v) is 10.3. The molecular formula is C20H18ClFN2OS. The second-order valence-electron chi connectivity index (χ2n) is 6.22. The van der Waals surface area contributed by atoms with Gasteiger partial charge in [0.05, 0.1) is 22.9 Å². The van der Waals surface area contributed by atoms with E-state index in [2.05, 4.69) is 11.1 Å². The summed E-state index contributed by atoms with van der Waals surface area (Å²) in [5.74, 6) is -0.124. The van der Waals surface area contributed by atoms with Crippen molar-refractivity contribution in [2.24, 2.45) is 0 Å². The van der Waals surface area contributed by atoms with Crippen LogP contribution in [-0.2, 0) is 16.9 Å². The maximum absolute atomic E-state index is 14.0. The van der Waals surface area contributed by atoms with E-state index in [-0.39, 0.29) is 10.9 Å². The molecule has 0 bridgehead atoms. The van der Waals surface area contributed by atoms with Gasteiger partial charge in [-0.1, -0.05) is 47.0 Å². The largest absolute Gasteiger partial charge is 0.616 e. The first kappa shape index (κ1) is 18.8. The number of rotatable bonds is 6. The van der Waals surface area contributed by atoms with Gasteiger partial charge < -0.3 is 9.54 Å². The van der Waals surface area contributed by atoms with Crippen molar-refractivity contribution in [3.05, 3.63) is 70.1 Å². The molecule has 2 aromatic carbocycles. The molecule has 0 saturated heterocycles. The molecule has 3 nitrogen and oxygen atoms in total. The van der Waals surface area contributed by atoms with Crippen molar-refractivity contribution in [1.29, 1.82) is 5.26 Å². The highest BCUT2D eigenvalue weighted by atomic mass is 35.5. The lowest BCUT2D eigenvalue weighted by molar-refractivity contribution is 0.600. The summed E-state index contributed by atoms with van der Waals surface area (Å²) in [6, 6.07) is 12.8. The number of aromatic nitrogens is 1. The van der Waals surface area contributed by atoms with Crippen LogP contribution < -0.4 is 0 Å². The van der Waals surface area contributed by atoms with Gasteiger partial charge in [-0.25, -0.2) is 4.39 Å². The second kappa shape index (κ2) is 8.13. The van der Waals surface area contributed by atoms with Crippen molar-refractivity contribution in [3.63, 3.8) is 0 Å². The van der Waals surface area contributed by atoms with Gasteiger partial charge in [0.25, 0.3) is 0 Å². The van der Waals surface area contributed by atoms with Gasteiger partial charge in [-0.05, 0) is 29.7 Å². The highest BCUT2D eigenvalue weighted by molar-refractivity contribution is 7.89. The Morgan fingerprint density at radius 3 is 2.85 bits per heavy atom. The maximum Gasteiger partial charge on any atom is 0.142 e. The van der Waals surface area contributed by atoms with Crippen molar-refractivity contribution in [2.45, 2.75) is 24.5 Å². The molecule has 0 amide bonds. The minimum absolute atomic E-state index is 0.0828. The van der Waals surface area contributed by atoms with E-state index in [1.165, 1.54) is 6.07 Å². The molecule has 0 fully saturated rings.